The number of rotatable bonds is 6. The fourth-order valence-corrected chi connectivity index (χ4v) is 4.74. The standard InChI is InChI=1S/C24H20ClN5O2S/c25-17-11-13-18(14-12-17)26-23(31)22-21(16-7-3-1-4-8-16)29-30-20(27-28-24(30)33-22)15-32-19-9-5-2-6-10-19/h1-14,21-22,29H,15H2,(H,26,31)/t21-,22+/m1/s1. The average Bonchev–Trinajstić information content (AvgIpc) is 3.26. The number of nitrogens with zero attached hydrogens (tertiary/aromatic N) is 3. The number of anilines is 1. The Hall–Kier alpha value is -3.49. The van der Waals surface area contributed by atoms with Gasteiger partial charge < -0.3 is 15.5 Å². The second-order valence-corrected chi connectivity index (χ2v) is 8.93. The molecular formula is C24H20ClN5O2S. The molecule has 0 spiro atoms. The van der Waals surface area contributed by atoms with Crippen molar-refractivity contribution in [3.05, 3.63) is 101 Å². The molecule has 2 N–H and O–H groups in total. The van der Waals surface area contributed by atoms with E-state index in [4.69, 9.17) is 16.3 Å². The second-order valence-electron chi connectivity index (χ2n) is 7.39. The molecule has 1 aliphatic heterocycles. The minimum atomic E-state index is -0.470. The minimum absolute atomic E-state index is 0.139. The van der Waals surface area contributed by atoms with Crippen molar-refractivity contribution in [2.45, 2.75) is 23.1 Å². The van der Waals surface area contributed by atoms with Gasteiger partial charge in [0.15, 0.2) is 5.82 Å². The molecule has 33 heavy (non-hydrogen) atoms. The molecule has 2 atom stereocenters. The average molecular weight is 478 g/mol. The highest BCUT2D eigenvalue weighted by atomic mass is 35.5. The van der Waals surface area contributed by atoms with Gasteiger partial charge in [-0.05, 0) is 42.0 Å². The highest BCUT2D eigenvalue weighted by molar-refractivity contribution is 8.00. The molecule has 3 aromatic carbocycles. The summed E-state index contributed by atoms with van der Waals surface area (Å²) in [4.78, 5) is 13.3. The number of fused-ring (bicyclic) bond motifs is 1. The van der Waals surface area contributed by atoms with E-state index in [2.05, 4.69) is 20.9 Å². The van der Waals surface area contributed by atoms with Crippen molar-refractivity contribution in [1.82, 2.24) is 14.9 Å². The van der Waals surface area contributed by atoms with Crippen molar-refractivity contribution >= 4 is 35.0 Å². The van der Waals surface area contributed by atoms with E-state index in [1.807, 2.05) is 60.7 Å². The maximum absolute atomic E-state index is 13.3. The van der Waals surface area contributed by atoms with Crippen molar-refractivity contribution in [3.8, 4) is 5.75 Å². The van der Waals surface area contributed by atoms with Crippen molar-refractivity contribution in [1.29, 1.82) is 0 Å². The summed E-state index contributed by atoms with van der Waals surface area (Å²) >= 11 is 7.33. The Labute approximate surface area is 200 Å². The lowest BCUT2D eigenvalue weighted by Gasteiger charge is -2.33. The minimum Gasteiger partial charge on any atom is -0.486 e. The van der Waals surface area contributed by atoms with E-state index < -0.39 is 5.25 Å². The molecule has 1 amide bonds. The number of benzene rings is 3. The van der Waals surface area contributed by atoms with Gasteiger partial charge in [0.25, 0.3) is 0 Å². The summed E-state index contributed by atoms with van der Waals surface area (Å²) in [7, 11) is 0. The van der Waals surface area contributed by atoms with Crippen LogP contribution >= 0.6 is 23.4 Å². The van der Waals surface area contributed by atoms with Crippen molar-refractivity contribution in [2.75, 3.05) is 10.7 Å². The van der Waals surface area contributed by atoms with Crippen LogP contribution in [0.4, 0.5) is 5.69 Å². The Morgan fingerprint density at radius 3 is 2.42 bits per heavy atom. The monoisotopic (exact) mass is 477 g/mol. The molecule has 0 aliphatic carbocycles. The van der Waals surface area contributed by atoms with Crippen LogP contribution in [0.3, 0.4) is 0 Å². The van der Waals surface area contributed by atoms with Gasteiger partial charge in [0.05, 0.1) is 6.04 Å². The molecule has 0 radical (unpaired) electrons. The van der Waals surface area contributed by atoms with Gasteiger partial charge in [-0.2, -0.15) is 0 Å². The zero-order chi connectivity index (χ0) is 22.6. The first kappa shape index (κ1) is 21.4. The summed E-state index contributed by atoms with van der Waals surface area (Å²) in [5, 5.41) is 12.3. The largest absolute Gasteiger partial charge is 0.486 e. The fourth-order valence-electron chi connectivity index (χ4n) is 3.51. The molecule has 4 aromatic rings. The second kappa shape index (κ2) is 9.56. The lowest BCUT2D eigenvalue weighted by atomic mass is 10.0. The molecule has 1 aliphatic rings. The van der Waals surface area contributed by atoms with Gasteiger partial charge in [0.2, 0.25) is 11.1 Å². The number of para-hydroxylation sites is 1. The van der Waals surface area contributed by atoms with E-state index in [9.17, 15) is 4.79 Å². The van der Waals surface area contributed by atoms with Gasteiger partial charge in [-0.15, -0.1) is 10.2 Å². The van der Waals surface area contributed by atoms with Crippen LogP contribution in [0.2, 0.25) is 5.02 Å². The Kier molecular flexibility index (Phi) is 6.19. The SMILES string of the molecule is O=C(Nc1ccc(Cl)cc1)[C@H]1Sc2nnc(COc3ccccc3)n2N[C@@H]1c1ccccc1. The molecule has 0 bridgehead atoms. The van der Waals surface area contributed by atoms with Crippen molar-refractivity contribution in [2.24, 2.45) is 0 Å². The molecule has 7 nitrogen and oxygen atoms in total. The van der Waals surface area contributed by atoms with E-state index in [0.29, 0.717) is 21.7 Å². The van der Waals surface area contributed by atoms with E-state index in [-0.39, 0.29) is 18.6 Å². The smallest absolute Gasteiger partial charge is 0.240 e. The molecule has 0 saturated carbocycles. The third kappa shape index (κ3) is 4.81. The number of ether oxygens (including phenoxy) is 1. The lowest BCUT2D eigenvalue weighted by Crippen LogP contribution is -2.41. The summed E-state index contributed by atoms with van der Waals surface area (Å²) in [5.74, 6) is 1.23. The van der Waals surface area contributed by atoms with Crippen LogP contribution in [0.1, 0.15) is 17.4 Å². The van der Waals surface area contributed by atoms with Gasteiger partial charge >= 0.3 is 0 Å². The third-order valence-corrected chi connectivity index (χ3v) is 6.61. The predicted molar refractivity (Wildman–Crippen MR) is 129 cm³/mol. The first-order chi connectivity index (χ1) is 16.2. The molecule has 9 heteroatoms. The third-order valence-electron chi connectivity index (χ3n) is 5.14. The number of amides is 1. The summed E-state index contributed by atoms with van der Waals surface area (Å²) in [6.45, 7) is 0.244. The van der Waals surface area contributed by atoms with Gasteiger partial charge in [-0.25, -0.2) is 4.68 Å². The fraction of sp³-hybridized carbons (Fsp3) is 0.125. The molecular weight excluding hydrogens is 458 g/mol. The number of nitrogens with one attached hydrogen (secondary N) is 2. The van der Waals surface area contributed by atoms with E-state index in [1.165, 1.54) is 11.8 Å². The van der Waals surface area contributed by atoms with Gasteiger partial charge in [-0.1, -0.05) is 71.9 Å². The predicted octanol–water partition coefficient (Wildman–Crippen LogP) is 4.91. The Balaban J connectivity index is 1.40. The number of thioether (sulfide) groups is 1. The summed E-state index contributed by atoms with van der Waals surface area (Å²) in [6.07, 6.45) is 0. The lowest BCUT2D eigenvalue weighted by molar-refractivity contribution is -0.116. The van der Waals surface area contributed by atoms with Gasteiger partial charge in [0, 0.05) is 10.7 Å². The summed E-state index contributed by atoms with van der Waals surface area (Å²) in [6, 6.07) is 26.1. The molecule has 2 heterocycles. The van der Waals surface area contributed by atoms with Crippen LogP contribution in [0, 0.1) is 0 Å². The van der Waals surface area contributed by atoms with Crippen LogP contribution in [-0.4, -0.2) is 26.0 Å². The first-order valence-corrected chi connectivity index (χ1v) is 11.6. The number of carbonyl (C=O) groups excluding carboxylic acids is 1. The van der Waals surface area contributed by atoms with Crippen LogP contribution in [-0.2, 0) is 11.4 Å². The highest BCUT2D eigenvalue weighted by Crippen LogP contribution is 2.37. The Morgan fingerprint density at radius 1 is 1.00 bits per heavy atom. The number of hydrogen-bond donors (Lipinski definition) is 2. The normalized spacial score (nSPS) is 17.0. The molecule has 0 saturated heterocycles. The zero-order valence-electron chi connectivity index (χ0n) is 17.4. The number of halogens is 1. The number of aromatic nitrogens is 3. The van der Waals surface area contributed by atoms with Crippen LogP contribution in [0.15, 0.2) is 90.1 Å². The van der Waals surface area contributed by atoms with Crippen LogP contribution in [0.25, 0.3) is 0 Å². The molecule has 0 fully saturated rings. The van der Waals surface area contributed by atoms with Crippen molar-refractivity contribution < 1.29 is 9.53 Å². The topological polar surface area (TPSA) is 81.1 Å². The van der Waals surface area contributed by atoms with E-state index >= 15 is 0 Å². The Bertz CT molecular complexity index is 1230. The summed E-state index contributed by atoms with van der Waals surface area (Å²) < 4.78 is 7.66. The number of carbonyl (C=O) groups is 1. The molecule has 166 valence electrons. The maximum atomic E-state index is 13.3. The maximum Gasteiger partial charge on any atom is 0.240 e. The quantitative estimate of drug-likeness (QED) is 0.410. The van der Waals surface area contributed by atoms with Crippen molar-refractivity contribution in [3.63, 3.8) is 0 Å². The van der Waals surface area contributed by atoms with E-state index in [1.54, 1.807) is 28.9 Å². The first-order valence-electron chi connectivity index (χ1n) is 10.3. The Morgan fingerprint density at radius 2 is 1.70 bits per heavy atom. The molecule has 1 aromatic heterocycles. The van der Waals surface area contributed by atoms with Crippen LogP contribution in [0.5, 0.6) is 5.75 Å². The zero-order valence-corrected chi connectivity index (χ0v) is 19.0. The molecule has 0 unspecified atom stereocenters. The van der Waals surface area contributed by atoms with Crippen LogP contribution < -0.4 is 15.5 Å². The number of hydrogen-bond acceptors (Lipinski definition) is 6. The van der Waals surface area contributed by atoms with Gasteiger partial charge in [-0.3, -0.25) is 4.79 Å². The summed E-state index contributed by atoms with van der Waals surface area (Å²) in [5.41, 5.74) is 5.10. The highest BCUT2D eigenvalue weighted by Gasteiger charge is 2.37. The molecule has 5 rings (SSSR count). The van der Waals surface area contributed by atoms with E-state index in [0.717, 1.165) is 11.3 Å². The van der Waals surface area contributed by atoms with Gasteiger partial charge in [0.1, 0.15) is 17.6 Å².